The molecule has 0 aromatic rings. The van der Waals surface area contributed by atoms with Crippen molar-refractivity contribution in [2.75, 3.05) is 0 Å². The summed E-state index contributed by atoms with van der Waals surface area (Å²) < 4.78 is 0. The summed E-state index contributed by atoms with van der Waals surface area (Å²) in [5, 5.41) is 5.92. The summed E-state index contributed by atoms with van der Waals surface area (Å²) in [6, 6.07) is 0.514. The van der Waals surface area contributed by atoms with Gasteiger partial charge in [-0.3, -0.25) is 9.59 Å². The highest BCUT2D eigenvalue weighted by Crippen LogP contribution is 2.26. The average Bonchev–Trinajstić information content (AvgIpc) is 3.13. The lowest BCUT2D eigenvalue weighted by Gasteiger charge is -2.28. The van der Waals surface area contributed by atoms with Crippen molar-refractivity contribution in [2.45, 2.75) is 57.5 Å². The summed E-state index contributed by atoms with van der Waals surface area (Å²) in [5.41, 5.74) is 0. The molecule has 98 valence electrons. The number of carbonyl (C=O) groups excluding carboxylic acids is 2. The molecule has 0 unspecified atom stereocenters. The largest absolute Gasteiger partial charge is 0.353 e. The van der Waals surface area contributed by atoms with E-state index in [0.29, 0.717) is 6.04 Å². The molecule has 2 saturated carbocycles. The Morgan fingerprint density at radius 1 is 1.06 bits per heavy atom. The van der Waals surface area contributed by atoms with E-state index in [0.717, 1.165) is 38.5 Å². The molecule has 0 heterocycles. The van der Waals surface area contributed by atoms with Crippen LogP contribution in [-0.2, 0) is 9.59 Å². The molecule has 0 aromatic heterocycles. The van der Waals surface area contributed by atoms with Crippen LogP contribution in [0, 0.1) is 17.8 Å². The third-order valence-electron chi connectivity index (χ3n) is 3.54. The summed E-state index contributed by atoms with van der Waals surface area (Å²) in [7, 11) is 0. The number of hydrogen-bond acceptors (Lipinski definition) is 2. The van der Waals surface area contributed by atoms with Crippen LogP contribution >= 0.6 is 0 Å². The number of hydrogen-bond donors (Lipinski definition) is 2. The highest BCUT2D eigenvalue weighted by atomic mass is 16.2. The lowest BCUT2D eigenvalue weighted by Crippen LogP contribution is -2.42. The van der Waals surface area contributed by atoms with E-state index in [-0.39, 0.29) is 23.8 Å². The molecular weight excluding hydrogens is 228 g/mol. The number of carbonyl (C=O) groups is 2. The Morgan fingerprint density at radius 2 is 1.83 bits per heavy atom. The highest BCUT2D eigenvalue weighted by molar-refractivity contribution is 5.93. The summed E-state index contributed by atoms with van der Waals surface area (Å²) in [6.07, 6.45) is 5.85. The van der Waals surface area contributed by atoms with E-state index in [1.165, 1.54) is 0 Å². The first-order valence-corrected chi connectivity index (χ1v) is 6.72. The monoisotopic (exact) mass is 248 g/mol. The van der Waals surface area contributed by atoms with E-state index in [9.17, 15) is 9.59 Å². The minimum Gasteiger partial charge on any atom is -0.353 e. The van der Waals surface area contributed by atoms with Gasteiger partial charge in [-0.05, 0) is 44.9 Å². The van der Waals surface area contributed by atoms with Crippen LogP contribution in [0.25, 0.3) is 0 Å². The van der Waals surface area contributed by atoms with Crippen LogP contribution in [0.1, 0.15) is 45.4 Å². The van der Waals surface area contributed by atoms with E-state index in [2.05, 4.69) is 22.5 Å². The van der Waals surface area contributed by atoms with Crippen LogP contribution in [0.3, 0.4) is 0 Å². The molecule has 0 bridgehead atoms. The zero-order valence-electron chi connectivity index (χ0n) is 10.8. The van der Waals surface area contributed by atoms with Crippen molar-refractivity contribution in [2.24, 2.45) is 5.92 Å². The Morgan fingerprint density at radius 3 is 2.50 bits per heavy atom. The van der Waals surface area contributed by atoms with Crippen molar-refractivity contribution in [3.8, 4) is 11.8 Å². The Hall–Kier alpha value is -1.50. The van der Waals surface area contributed by atoms with Crippen molar-refractivity contribution < 1.29 is 9.59 Å². The van der Waals surface area contributed by atoms with Gasteiger partial charge in [0, 0.05) is 18.0 Å². The molecule has 2 amide bonds. The van der Waals surface area contributed by atoms with E-state index in [4.69, 9.17) is 0 Å². The standard InChI is InChI=1S/C14H20N2O2/c1-2-4-13(17)15-12-6-3-5-10(9-12)14(18)16-11-7-8-11/h10-12H,3,5-9H2,1H3,(H,15,17)(H,16,18)/t10-,12+/m0/s1. The van der Waals surface area contributed by atoms with Gasteiger partial charge < -0.3 is 10.6 Å². The maximum Gasteiger partial charge on any atom is 0.296 e. The molecule has 0 spiro atoms. The molecule has 0 saturated heterocycles. The molecule has 0 radical (unpaired) electrons. The number of nitrogens with one attached hydrogen (secondary N) is 2. The molecule has 4 nitrogen and oxygen atoms in total. The number of amides is 2. The topological polar surface area (TPSA) is 58.2 Å². The predicted octanol–water partition coefficient (Wildman–Crippen LogP) is 0.963. The van der Waals surface area contributed by atoms with Crippen molar-refractivity contribution in [1.29, 1.82) is 0 Å². The summed E-state index contributed by atoms with van der Waals surface area (Å²) >= 11 is 0. The second-order valence-electron chi connectivity index (χ2n) is 5.19. The second kappa shape index (κ2) is 5.90. The lowest BCUT2D eigenvalue weighted by molar-refractivity contribution is -0.127. The van der Waals surface area contributed by atoms with Crippen molar-refractivity contribution >= 4 is 11.8 Å². The predicted molar refractivity (Wildman–Crippen MR) is 68.5 cm³/mol. The third kappa shape index (κ3) is 3.76. The minimum atomic E-state index is -0.231. The average molecular weight is 248 g/mol. The van der Waals surface area contributed by atoms with Crippen LogP contribution in [0.2, 0.25) is 0 Å². The Labute approximate surface area is 108 Å². The van der Waals surface area contributed by atoms with Crippen LogP contribution in [-0.4, -0.2) is 23.9 Å². The van der Waals surface area contributed by atoms with E-state index in [1.54, 1.807) is 6.92 Å². The fourth-order valence-corrected chi connectivity index (χ4v) is 2.44. The smallest absolute Gasteiger partial charge is 0.296 e. The Kier molecular flexibility index (Phi) is 4.24. The zero-order valence-corrected chi connectivity index (χ0v) is 10.8. The van der Waals surface area contributed by atoms with Gasteiger partial charge in [-0.25, -0.2) is 0 Å². The van der Waals surface area contributed by atoms with Crippen molar-refractivity contribution in [3.05, 3.63) is 0 Å². The summed E-state index contributed by atoms with van der Waals surface area (Å²) in [6.45, 7) is 1.65. The SMILES string of the molecule is CC#CC(=O)N[C@@H]1CCC[C@H](C(=O)NC2CC2)C1. The Balaban J connectivity index is 1.80. The third-order valence-corrected chi connectivity index (χ3v) is 3.54. The van der Waals surface area contributed by atoms with Crippen LogP contribution in [0.4, 0.5) is 0 Å². The van der Waals surface area contributed by atoms with E-state index >= 15 is 0 Å². The van der Waals surface area contributed by atoms with Gasteiger partial charge in [0.1, 0.15) is 0 Å². The molecule has 2 aliphatic rings. The molecule has 0 aromatic carbocycles. The highest BCUT2D eigenvalue weighted by Gasteiger charge is 2.31. The van der Waals surface area contributed by atoms with Gasteiger partial charge in [-0.15, -0.1) is 0 Å². The van der Waals surface area contributed by atoms with Crippen LogP contribution in [0.5, 0.6) is 0 Å². The maximum atomic E-state index is 12.0. The molecular formula is C14H20N2O2. The molecule has 18 heavy (non-hydrogen) atoms. The maximum absolute atomic E-state index is 12.0. The van der Waals surface area contributed by atoms with Gasteiger partial charge in [0.2, 0.25) is 5.91 Å². The molecule has 2 rings (SSSR count). The van der Waals surface area contributed by atoms with Gasteiger partial charge in [0.15, 0.2) is 0 Å². The van der Waals surface area contributed by atoms with Gasteiger partial charge in [-0.1, -0.05) is 12.3 Å². The molecule has 2 aliphatic carbocycles. The van der Waals surface area contributed by atoms with Crippen molar-refractivity contribution in [3.63, 3.8) is 0 Å². The van der Waals surface area contributed by atoms with E-state index < -0.39 is 0 Å². The first-order valence-electron chi connectivity index (χ1n) is 6.72. The normalized spacial score (nSPS) is 26.7. The zero-order chi connectivity index (χ0) is 13.0. The van der Waals surface area contributed by atoms with Gasteiger partial charge >= 0.3 is 0 Å². The second-order valence-corrected chi connectivity index (χ2v) is 5.19. The fourth-order valence-electron chi connectivity index (χ4n) is 2.44. The minimum absolute atomic E-state index is 0.0548. The fraction of sp³-hybridized carbons (Fsp3) is 0.714. The van der Waals surface area contributed by atoms with E-state index in [1.807, 2.05) is 0 Å². The van der Waals surface area contributed by atoms with Gasteiger partial charge in [0.25, 0.3) is 5.91 Å². The molecule has 4 heteroatoms. The summed E-state index contributed by atoms with van der Waals surface area (Å²) in [5.74, 6) is 5.05. The molecule has 0 aliphatic heterocycles. The van der Waals surface area contributed by atoms with Crippen LogP contribution < -0.4 is 10.6 Å². The first-order chi connectivity index (χ1) is 8.69. The quantitative estimate of drug-likeness (QED) is 0.731. The summed E-state index contributed by atoms with van der Waals surface area (Å²) in [4.78, 5) is 23.3. The first kappa shape index (κ1) is 12.9. The molecule has 2 N–H and O–H groups in total. The molecule has 2 atom stereocenters. The van der Waals surface area contributed by atoms with Crippen LogP contribution in [0.15, 0.2) is 0 Å². The van der Waals surface area contributed by atoms with Gasteiger partial charge in [-0.2, -0.15) is 0 Å². The van der Waals surface area contributed by atoms with Gasteiger partial charge in [0.05, 0.1) is 0 Å². The molecule has 2 fully saturated rings. The number of rotatable bonds is 3. The van der Waals surface area contributed by atoms with Crippen molar-refractivity contribution in [1.82, 2.24) is 10.6 Å². The Bertz CT molecular complexity index is 390. The lowest BCUT2D eigenvalue weighted by atomic mass is 9.85.